The molecule has 30 heavy (non-hydrogen) atoms. The van der Waals surface area contributed by atoms with Crippen LogP contribution < -0.4 is 10.6 Å². The largest absolute Gasteiger partial charge is 0.381 e. The Bertz CT molecular complexity index is 726. The summed E-state index contributed by atoms with van der Waals surface area (Å²) in [5.74, 6) is 1.57. The highest BCUT2D eigenvalue weighted by Crippen LogP contribution is 2.36. The first-order valence-corrected chi connectivity index (χ1v) is 11.5. The number of hydrogen-bond donors (Lipinski definition) is 2. The Morgan fingerprint density at radius 2 is 2.03 bits per heavy atom. The van der Waals surface area contributed by atoms with Gasteiger partial charge in [-0.25, -0.2) is 0 Å². The molecule has 7 heteroatoms. The van der Waals surface area contributed by atoms with Crippen LogP contribution in [0.5, 0.6) is 0 Å². The van der Waals surface area contributed by atoms with E-state index in [0.29, 0.717) is 12.3 Å². The van der Waals surface area contributed by atoms with Crippen LogP contribution in [0.3, 0.4) is 0 Å². The van der Waals surface area contributed by atoms with Gasteiger partial charge in [0, 0.05) is 56.8 Å². The van der Waals surface area contributed by atoms with Crippen LogP contribution >= 0.6 is 11.6 Å². The van der Waals surface area contributed by atoms with E-state index in [0.717, 1.165) is 76.1 Å². The van der Waals surface area contributed by atoms with Crippen molar-refractivity contribution in [1.82, 2.24) is 15.5 Å². The number of ether oxygens (including phenoxy) is 1. The highest BCUT2D eigenvalue weighted by atomic mass is 35.5. The average molecular weight is 435 g/mol. The van der Waals surface area contributed by atoms with Crippen LogP contribution in [0.15, 0.2) is 29.3 Å². The number of guanidine groups is 1. The fourth-order valence-corrected chi connectivity index (χ4v) is 4.67. The Kier molecular flexibility index (Phi) is 8.40. The first kappa shape index (κ1) is 22.9. The van der Waals surface area contributed by atoms with Gasteiger partial charge in [0.05, 0.1) is 6.54 Å². The van der Waals surface area contributed by atoms with Crippen LogP contribution in [-0.2, 0) is 14.9 Å². The van der Waals surface area contributed by atoms with Crippen LogP contribution in [0, 0.1) is 5.92 Å². The number of rotatable bonds is 6. The molecule has 2 saturated heterocycles. The zero-order chi connectivity index (χ0) is 21.4. The van der Waals surface area contributed by atoms with Gasteiger partial charge in [0.2, 0.25) is 5.91 Å². The minimum atomic E-state index is -0.0403. The predicted octanol–water partition coefficient (Wildman–Crippen LogP) is 3.20. The van der Waals surface area contributed by atoms with Crippen molar-refractivity contribution in [2.75, 3.05) is 46.4 Å². The molecule has 6 nitrogen and oxygen atoms in total. The SMILES string of the molecule is CCNC(=NCC1(c2cccc(Cl)c2)CCOCC1)N1CCC(CC(=O)NC)CC1. The fourth-order valence-electron chi connectivity index (χ4n) is 4.48. The third kappa shape index (κ3) is 5.88. The van der Waals surface area contributed by atoms with E-state index in [1.165, 1.54) is 5.56 Å². The van der Waals surface area contributed by atoms with Crippen molar-refractivity contribution in [2.45, 2.75) is 44.4 Å². The lowest BCUT2D eigenvalue weighted by Gasteiger charge is -2.38. The summed E-state index contributed by atoms with van der Waals surface area (Å²) in [6, 6.07) is 8.21. The topological polar surface area (TPSA) is 66.0 Å². The highest BCUT2D eigenvalue weighted by molar-refractivity contribution is 6.30. The molecule has 2 aliphatic heterocycles. The Morgan fingerprint density at radius 1 is 1.30 bits per heavy atom. The number of benzene rings is 1. The van der Waals surface area contributed by atoms with Gasteiger partial charge in [-0.2, -0.15) is 0 Å². The minimum Gasteiger partial charge on any atom is -0.381 e. The lowest BCUT2D eigenvalue weighted by atomic mass is 9.74. The smallest absolute Gasteiger partial charge is 0.220 e. The summed E-state index contributed by atoms with van der Waals surface area (Å²) in [6.45, 7) is 7.03. The van der Waals surface area contributed by atoms with Crippen LogP contribution in [0.4, 0.5) is 0 Å². The Balaban J connectivity index is 1.71. The minimum absolute atomic E-state index is 0.0403. The summed E-state index contributed by atoms with van der Waals surface area (Å²) < 4.78 is 5.66. The third-order valence-corrected chi connectivity index (χ3v) is 6.66. The maximum absolute atomic E-state index is 11.7. The molecular weight excluding hydrogens is 400 g/mol. The molecule has 2 N–H and O–H groups in total. The molecule has 2 fully saturated rings. The van der Waals surface area contributed by atoms with E-state index in [1.807, 2.05) is 12.1 Å². The summed E-state index contributed by atoms with van der Waals surface area (Å²) in [5.41, 5.74) is 1.21. The highest BCUT2D eigenvalue weighted by Gasteiger charge is 2.35. The first-order chi connectivity index (χ1) is 14.6. The monoisotopic (exact) mass is 434 g/mol. The summed E-state index contributed by atoms with van der Waals surface area (Å²) >= 11 is 6.30. The molecule has 1 aromatic rings. The van der Waals surface area contributed by atoms with Gasteiger partial charge in [0.1, 0.15) is 0 Å². The number of aliphatic imine (C=N–C) groups is 1. The number of halogens is 1. The molecule has 0 saturated carbocycles. The van der Waals surface area contributed by atoms with Crippen LogP contribution in [0.1, 0.15) is 44.6 Å². The number of carbonyl (C=O) groups excluding carboxylic acids is 1. The van der Waals surface area contributed by atoms with Gasteiger partial charge in [-0.3, -0.25) is 9.79 Å². The van der Waals surface area contributed by atoms with E-state index < -0.39 is 0 Å². The second-order valence-corrected chi connectivity index (χ2v) is 8.82. The zero-order valence-corrected chi connectivity index (χ0v) is 19.0. The standard InChI is InChI=1S/C23H35ClN4O2/c1-3-26-22(28-11-7-18(8-12-28)15-21(29)25-2)27-17-23(9-13-30-14-10-23)19-5-4-6-20(24)16-19/h4-6,16,18H,3,7-15,17H2,1-2H3,(H,25,29)(H,26,27). The van der Waals surface area contributed by atoms with Crippen LogP contribution in [0.2, 0.25) is 5.02 Å². The molecule has 0 unspecified atom stereocenters. The number of nitrogens with zero attached hydrogens (tertiary/aromatic N) is 2. The molecule has 0 bridgehead atoms. The van der Waals surface area contributed by atoms with Crippen molar-refractivity contribution in [1.29, 1.82) is 0 Å². The molecule has 0 aliphatic carbocycles. The Hall–Kier alpha value is -1.79. The van der Waals surface area contributed by atoms with Gasteiger partial charge in [0.15, 0.2) is 5.96 Å². The summed E-state index contributed by atoms with van der Waals surface area (Å²) in [5, 5.41) is 6.99. The van der Waals surface area contributed by atoms with Gasteiger partial charge in [-0.05, 0) is 56.2 Å². The maximum Gasteiger partial charge on any atom is 0.220 e. The molecule has 1 amide bonds. The second-order valence-electron chi connectivity index (χ2n) is 8.38. The number of hydrogen-bond acceptors (Lipinski definition) is 3. The Labute approximate surface area is 185 Å². The molecule has 0 aromatic heterocycles. The normalized spacial score (nSPS) is 20.1. The molecule has 3 rings (SSSR count). The van der Waals surface area contributed by atoms with E-state index in [4.69, 9.17) is 21.3 Å². The van der Waals surface area contributed by atoms with E-state index >= 15 is 0 Å². The van der Waals surface area contributed by atoms with Crippen molar-refractivity contribution in [3.05, 3.63) is 34.9 Å². The van der Waals surface area contributed by atoms with Crippen molar-refractivity contribution < 1.29 is 9.53 Å². The molecular formula is C23H35ClN4O2. The van der Waals surface area contributed by atoms with E-state index in [-0.39, 0.29) is 11.3 Å². The third-order valence-electron chi connectivity index (χ3n) is 6.42. The number of nitrogens with one attached hydrogen (secondary N) is 2. The van der Waals surface area contributed by atoms with Gasteiger partial charge in [-0.15, -0.1) is 0 Å². The van der Waals surface area contributed by atoms with Crippen molar-refractivity contribution in [2.24, 2.45) is 10.9 Å². The Morgan fingerprint density at radius 3 is 2.67 bits per heavy atom. The zero-order valence-electron chi connectivity index (χ0n) is 18.3. The van der Waals surface area contributed by atoms with Gasteiger partial charge >= 0.3 is 0 Å². The van der Waals surface area contributed by atoms with E-state index in [9.17, 15) is 4.79 Å². The summed E-state index contributed by atoms with van der Waals surface area (Å²) in [4.78, 5) is 19.1. The summed E-state index contributed by atoms with van der Waals surface area (Å²) in [7, 11) is 1.71. The predicted molar refractivity (Wildman–Crippen MR) is 122 cm³/mol. The number of amides is 1. The number of likely N-dealkylation sites (tertiary alicyclic amines) is 1. The maximum atomic E-state index is 11.7. The molecule has 0 radical (unpaired) electrons. The van der Waals surface area contributed by atoms with Gasteiger partial charge < -0.3 is 20.3 Å². The lowest BCUT2D eigenvalue weighted by molar-refractivity contribution is -0.121. The molecule has 0 atom stereocenters. The van der Waals surface area contributed by atoms with Crippen molar-refractivity contribution in [3.63, 3.8) is 0 Å². The second kappa shape index (κ2) is 11.0. The quantitative estimate of drug-likeness (QED) is 0.533. The van der Waals surface area contributed by atoms with Crippen LogP contribution in [0.25, 0.3) is 0 Å². The lowest BCUT2D eigenvalue weighted by Crippen LogP contribution is -2.47. The molecule has 0 spiro atoms. The van der Waals surface area contributed by atoms with Crippen molar-refractivity contribution in [3.8, 4) is 0 Å². The molecule has 2 heterocycles. The fraction of sp³-hybridized carbons (Fsp3) is 0.652. The van der Waals surface area contributed by atoms with Gasteiger partial charge in [0.25, 0.3) is 0 Å². The molecule has 1 aromatic carbocycles. The van der Waals surface area contributed by atoms with Gasteiger partial charge in [-0.1, -0.05) is 23.7 Å². The van der Waals surface area contributed by atoms with Crippen LogP contribution in [-0.4, -0.2) is 63.2 Å². The summed E-state index contributed by atoms with van der Waals surface area (Å²) in [6.07, 6.45) is 4.56. The van der Waals surface area contributed by atoms with E-state index in [1.54, 1.807) is 7.05 Å². The first-order valence-electron chi connectivity index (χ1n) is 11.1. The average Bonchev–Trinajstić information content (AvgIpc) is 2.78. The molecule has 166 valence electrons. The number of piperidine rings is 1. The molecule has 2 aliphatic rings. The van der Waals surface area contributed by atoms with Crippen molar-refractivity contribution >= 4 is 23.5 Å². The number of carbonyl (C=O) groups is 1. The van der Waals surface area contributed by atoms with E-state index in [2.05, 4.69) is 34.6 Å².